The zero-order valence-electron chi connectivity index (χ0n) is 17.6. The van der Waals surface area contributed by atoms with E-state index in [9.17, 15) is 0 Å². The van der Waals surface area contributed by atoms with Crippen LogP contribution in [0.4, 0.5) is 5.69 Å². The first kappa shape index (κ1) is 19.5. The zero-order chi connectivity index (χ0) is 22.9. The van der Waals surface area contributed by atoms with Crippen molar-refractivity contribution in [1.82, 2.24) is 4.90 Å². The lowest BCUT2D eigenvalue weighted by Gasteiger charge is -2.30. The molecule has 0 radical (unpaired) electrons. The molecular formula is C25H14N8O. The molecule has 3 aromatic carbocycles. The Kier molecular flexibility index (Phi) is 4.60. The molecule has 0 saturated carbocycles. The monoisotopic (exact) mass is 442 g/mol. The Hall–Kier alpha value is -5.23. The van der Waals surface area contributed by atoms with Gasteiger partial charge in [-0.1, -0.05) is 72.8 Å². The van der Waals surface area contributed by atoms with Gasteiger partial charge in [-0.2, -0.15) is 30.0 Å². The van der Waals surface area contributed by atoms with E-state index >= 15 is 0 Å². The van der Waals surface area contributed by atoms with Gasteiger partial charge in [0.05, 0.1) is 6.57 Å². The van der Waals surface area contributed by atoms with Gasteiger partial charge in [-0.15, -0.1) is 0 Å². The lowest BCUT2D eigenvalue weighted by molar-refractivity contribution is 0.539. The van der Waals surface area contributed by atoms with Gasteiger partial charge >= 0.3 is 6.02 Å². The first-order valence-electron chi connectivity index (χ1n) is 10.4. The van der Waals surface area contributed by atoms with Crippen molar-refractivity contribution in [2.45, 2.75) is 0 Å². The second kappa shape index (κ2) is 8.03. The predicted octanol–water partition coefficient (Wildman–Crippen LogP) is 4.28. The molecule has 3 heterocycles. The number of benzene rings is 3. The van der Waals surface area contributed by atoms with Crippen LogP contribution in [0.5, 0.6) is 5.75 Å². The van der Waals surface area contributed by atoms with Crippen LogP contribution < -0.4 is 4.74 Å². The van der Waals surface area contributed by atoms with Crippen molar-refractivity contribution in [3.05, 3.63) is 107 Å². The van der Waals surface area contributed by atoms with E-state index in [1.54, 1.807) is 29.2 Å². The van der Waals surface area contributed by atoms with Crippen LogP contribution in [0.15, 0.2) is 115 Å². The van der Waals surface area contributed by atoms with Crippen LogP contribution in [0.2, 0.25) is 0 Å². The van der Waals surface area contributed by atoms with Crippen molar-refractivity contribution in [3.63, 3.8) is 0 Å². The summed E-state index contributed by atoms with van der Waals surface area (Å²) < 4.78 is 5.88. The summed E-state index contributed by atoms with van der Waals surface area (Å²) in [5.74, 6) is 2.44. The summed E-state index contributed by atoms with van der Waals surface area (Å²) in [5, 5.41) is 0. The van der Waals surface area contributed by atoms with Gasteiger partial charge in [-0.3, -0.25) is 0 Å². The molecule has 0 saturated heterocycles. The summed E-state index contributed by atoms with van der Waals surface area (Å²) in [6.07, 6.45) is 0. The van der Waals surface area contributed by atoms with Gasteiger partial charge in [0.1, 0.15) is 5.75 Å². The standard InChI is InChI=1S/C25H14N8O/c1-26-18-12-14-19(15-13-18)34-25-31-23-29-20(16-8-4-2-5-9-16)27-22-28-21(17-10-6-3-7-11-17)30-24(32-25)33(22)23/h2-15H. The third-order valence-electron chi connectivity index (χ3n) is 5.05. The summed E-state index contributed by atoms with van der Waals surface area (Å²) in [7, 11) is 0. The number of ether oxygens (including phenoxy) is 1. The number of nitrogens with zero attached hydrogens (tertiary/aromatic N) is 8. The Labute approximate surface area is 194 Å². The minimum Gasteiger partial charge on any atom is -0.424 e. The summed E-state index contributed by atoms with van der Waals surface area (Å²) in [6, 6.07) is 26.0. The highest BCUT2D eigenvalue weighted by Gasteiger charge is 2.35. The quantitative estimate of drug-likeness (QED) is 0.567. The fourth-order valence-corrected chi connectivity index (χ4v) is 3.44. The topological polar surface area (TPSA) is 91.0 Å². The molecule has 0 amide bonds. The molecule has 0 aliphatic carbocycles. The van der Waals surface area contributed by atoms with Crippen LogP contribution >= 0.6 is 0 Å². The normalized spacial score (nSPS) is 16.0. The van der Waals surface area contributed by atoms with E-state index in [1.807, 2.05) is 60.7 Å². The average Bonchev–Trinajstić information content (AvgIpc) is 2.90. The number of rotatable bonds is 3. The van der Waals surface area contributed by atoms with Crippen LogP contribution in [0.1, 0.15) is 11.1 Å². The molecule has 0 fully saturated rings. The maximum absolute atomic E-state index is 7.11. The SMILES string of the molecule is [C-]#[N+]c1ccc(OC2=NC3=NC(c4ccccc4)=NC4=NC(c5ccccc5)=NC(=N2)N34)cc1. The highest BCUT2D eigenvalue weighted by atomic mass is 16.5. The van der Waals surface area contributed by atoms with Gasteiger partial charge in [0.15, 0.2) is 17.4 Å². The lowest BCUT2D eigenvalue weighted by Crippen LogP contribution is -2.48. The van der Waals surface area contributed by atoms with E-state index in [2.05, 4.69) is 34.8 Å². The second-order valence-corrected chi connectivity index (χ2v) is 7.28. The molecule has 0 spiro atoms. The molecule has 9 nitrogen and oxygen atoms in total. The van der Waals surface area contributed by atoms with Gasteiger partial charge in [0.2, 0.25) is 17.9 Å². The number of hydrogen-bond donors (Lipinski definition) is 0. The highest BCUT2D eigenvalue weighted by molar-refractivity contribution is 6.32. The van der Waals surface area contributed by atoms with E-state index in [1.165, 1.54) is 0 Å². The molecule has 0 unspecified atom stereocenters. The fraction of sp³-hybridized carbons (Fsp3) is 0. The van der Waals surface area contributed by atoms with E-state index in [4.69, 9.17) is 11.3 Å². The van der Waals surface area contributed by atoms with Gasteiger partial charge in [0, 0.05) is 11.1 Å². The van der Waals surface area contributed by atoms with Gasteiger partial charge in [-0.05, 0) is 12.1 Å². The van der Waals surface area contributed by atoms with Crippen molar-refractivity contribution < 1.29 is 4.74 Å². The second-order valence-electron chi connectivity index (χ2n) is 7.28. The first-order chi connectivity index (χ1) is 16.8. The molecule has 160 valence electrons. The molecule has 3 aliphatic rings. The number of amidine groups is 3. The van der Waals surface area contributed by atoms with Gasteiger partial charge < -0.3 is 4.74 Å². The lowest BCUT2D eigenvalue weighted by atomic mass is 10.2. The minimum absolute atomic E-state index is 0.0762. The summed E-state index contributed by atoms with van der Waals surface area (Å²) in [4.78, 5) is 32.6. The van der Waals surface area contributed by atoms with Crippen LogP contribution in [-0.2, 0) is 0 Å². The van der Waals surface area contributed by atoms with E-state index in [0.29, 0.717) is 41.0 Å². The van der Waals surface area contributed by atoms with Crippen molar-refractivity contribution in [3.8, 4) is 5.75 Å². The maximum Gasteiger partial charge on any atom is 0.328 e. The van der Waals surface area contributed by atoms with Crippen molar-refractivity contribution in [2.24, 2.45) is 30.0 Å². The van der Waals surface area contributed by atoms with Crippen LogP contribution in [0, 0.1) is 6.57 Å². The highest BCUT2D eigenvalue weighted by Crippen LogP contribution is 2.23. The Morgan fingerprint density at radius 1 is 0.588 bits per heavy atom. The molecule has 0 bridgehead atoms. The first-order valence-corrected chi connectivity index (χ1v) is 10.4. The van der Waals surface area contributed by atoms with Crippen LogP contribution in [0.3, 0.4) is 0 Å². The number of guanidine groups is 3. The molecule has 3 aliphatic heterocycles. The van der Waals surface area contributed by atoms with Crippen molar-refractivity contribution >= 4 is 41.3 Å². The largest absolute Gasteiger partial charge is 0.424 e. The molecule has 0 aromatic heterocycles. The molecule has 9 heteroatoms. The molecule has 0 atom stereocenters. The predicted molar refractivity (Wildman–Crippen MR) is 131 cm³/mol. The number of aliphatic imine (C=N–C) groups is 6. The van der Waals surface area contributed by atoms with Crippen LogP contribution in [-0.4, -0.2) is 40.5 Å². The van der Waals surface area contributed by atoms with Gasteiger partial charge in [-0.25, -0.2) is 9.74 Å². The van der Waals surface area contributed by atoms with E-state index < -0.39 is 0 Å². The van der Waals surface area contributed by atoms with Crippen molar-refractivity contribution in [1.29, 1.82) is 0 Å². The summed E-state index contributed by atoms with van der Waals surface area (Å²) >= 11 is 0. The Morgan fingerprint density at radius 3 is 1.68 bits per heavy atom. The molecule has 3 aromatic rings. The average molecular weight is 442 g/mol. The van der Waals surface area contributed by atoms with Gasteiger partial charge in [0.25, 0.3) is 0 Å². The molecule has 0 N–H and O–H groups in total. The Morgan fingerprint density at radius 2 is 1.12 bits per heavy atom. The molecular weight excluding hydrogens is 428 g/mol. The summed E-state index contributed by atoms with van der Waals surface area (Å²) in [6.45, 7) is 7.11. The third kappa shape index (κ3) is 3.55. The fourth-order valence-electron chi connectivity index (χ4n) is 3.44. The molecule has 34 heavy (non-hydrogen) atoms. The Bertz CT molecular complexity index is 1470. The summed E-state index contributed by atoms with van der Waals surface area (Å²) in [5.41, 5.74) is 2.18. The van der Waals surface area contributed by atoms with E-state index in [0.717, 1.165) is 11.1 Å². The van der Waals surface area contributed by atoms with Crippen LogP contribution in [0.25, 0.3) is 4.85 Å². The third-order valence-corrected chi connectivity index (χ3v) is 5.05. The minimum atomic E-state index is 0.0762. The van der Waals surface area contributed by atoms with E-state index in [-0.39, 0.29) is 6.02 Å². The maximum atomic E-state index is 7.11. The zero-order valence-corrected chi connectivity index (χ0v) is 17.6. The van der Waals surface area contributed by atoms with Crippen molar-refractivity contribution in [2.75, 3.05) is 0 Å². The smallest absolute Gasteiger partial charge is 0.328 e. The Balaban J connectivity index is 1.46. The molecule has 6 rings (SSSR count). The number of hydrogen-bond acceptors (Lipinski definition) is 8.